The second-order valence-corrected chi connectivity index (χ2v) is 2.91. The highest BCUT2D eigenvalue weighted by atomic mass is 16.6. The van der Waals surface area contributed by atoms with Gasteiger partial charge in [-0.25, -0.2) is 0 Å². The number of benzene rings is 1. The zero-order valence-corrected chi connectivity index (χ0v) is 7.59. The lowest BCUT2D eigenvalue weighted by Gasteiger charge is -2.09. The van der Waals surface area contributed by atoms with E-state index in [2.05, 4.69) is 0 Å². The number of rotatable bonds is 4. The Morgan fingerprint density at radius 3 is 2.71 bits per heavy atom. The molecule has 0 radical (unpaired) electrons. The molecular formula is C9H12N2O3. The lowest BCUT2D eigenvalue weighted by molar-refractivity contribution is -0.386. The van der Waals surface area contributed by atoms with Crippen molar-refractivity contribution >= 4 is 5.69 Å². The van der Waals surface area contributed by atoms with Crippen LogP contribution in [0.15, 0.2) is 24.3 Å². The normalized spacial score (nSPS) is 12.4. The van der Waals surface area contributed by atoms with E-state index in [1.165, 1.54) is 6.07 Å². The van der Waals surface area contributed by atoms with Crippen molar-refractivity contribution in [1.29, 1.82) is 0 Å². The molecule has 5 nitrogen and oxygen atoms in total. The fourth-order valence-electron chi connectivity index (χ4n) is 1.25. The van der Waals surface area contributed by atoms with E-state index in [1.54, 1.807) is 18.2 Å². The summed E-state index contributed by atoms with van der Waals surface area (Å²) < 4.78 is 0. The van der Waals surface area contributed by atoms with Crippen molar-refractivity contribution in [3.8, 4) is 0 Å². The standard InChI is InChI=1S/C9H12N2O3/c10-6-5-9(12)7-3-1-2-4-8(7)11(13)14/h1-4,9,12H,5-6,10H2. The van der Waals surface area contributed by atoms with E-state index < -0.39 is 11.0 Å². The summed E-state index contributed by atoms with van der Waals surface area (Å²) in [5, 5.41) is 20.2. The van der Waals surface area contributed by atoms with Crippen LogP contribution in [0.5, 0.6) is 0 Å². The van der Waals surface area contributed by atoms with Crippen LogP contribution < -0.4 is 5.73 Å². The number of hydrogen-bond acceptors (Lipinski definition) is 4. The predicted molar refractivity (Wildman–Crippen MR) is 51.7 cm³/mol. The molecule has 0 aromatic heterocycles. The monoisotopic (exact) mass is 196 g/mol. The molecule has 0 spiro atoms. The molecule has 1 aromatic rings. The maximum Gasteiger partial charge on any atom is 0.275 e. The van der Waals surface area contributed by atoms with Crippen molar-refractivity contribution in [3.63, 3.8) is 0 Å². The molecule has 0 aliphatic rings. The van der Waals surface area contributed by atoms with Crippen LogP contribution in [0, 0.1) is 10.1 Å². The minimum Gasteiger partial charge on any atom is -0.388 e. The molecule has 0 aliphatic heterocycles. The van der Waals surface area contributed by atoms with Gasteiger partial charge in [0.1, 0.15) is 0 Å². The Labute approximate surface area is 81.3 Å². The Bertz CT molecular complexity index is 328. The van der Waals surface area contributed by atoms with E-state index in [-0.39, 0.29) is 5.69 Å². The Kier molecular flexibility index (Phi) is 3.55. The topological polar surface area (TPSA) is 89.4 Å². The number of nitro benzene ring substituents is 1. The fourth-order valence-corrected chi connectivity index (χ4v) is 1.25. The molecule has 5 heteroatoms. The smallest absolute Gasteiger partial charge is 0.275 e. The lowest BCUT2D eigenvalue weighted by atomic mass is 10.0. The molecule has 0 fully saturated rings. The first-order valence-corrected chi connectivity index (χ1v) is 4.28. The van der Waals surface area contributed by atoms with Gasteiger partial charge in [0.25, 0.3) is 5.69 Å². The Morgan fingerprint density at radius 1 is 1.50 bits per heavy atom. The van der Waals surface area contributed by atoms with Gasteiger partial charge in [0, 0.05) is 6.07 Å². The van der Waals surface area contributed by atoms with Crippen molar-refractivity contribution in [2.24, 2.45) is 5.73 Å². The van der Waals surface area contributed by atoms with Crippen LogP contribution in [0.3, 0.4) is 0 Å². The SMILES string of the molecule is NCCC(O)c1ccccc1[N+](=O)[O-]. The maximum absolute atomic E-state index is 10.6. The summed E-state index contributed by atoms with van der Waals surface area (Å²) in [5.74, 6) is 0. The molecule has 1 atom stereocenters. The number of aliphatic hydroxyl groups excluding tert-OH is 1. The molecule has 0 heterocycles. The third kappa shape index (κ3) is 2.27. The van der Waals surface area contributed by atoms with E-state index >= 15 is 0 Å². The average molecular weight is 196 g/mol. The minimum absolute atomic E-state index is 0.0616. The number of para-hydroxylation sites is 1. The Morgan fingerprint density at radius 2 is 2.14 bits per heavy atom. The summed E-state index contributed by atoms with van der Waals surface area (Å²) in [6, 6.07) is 6.13. The minimum atomic E-state index is -0.860. The van der Waals surface area contributed by atoms with Crippen LogP contribution in [-0.2, 0) is 0 Å². The third-order valence-corrected chi connectivity index (χ3v) is 1.93. The molecule has 1 aromatic carbocycles. The molecule has 0 bridgehead atoms. The largest absolute Gasteiger partial charge is 0.388 e. The van der Waals surface area contributed by atoms with Gasteiger partial charge in [-0.2, -0.15) is 0 Å². The number of hydrogen-bond donors (Lipinski definition) is 2. The van der Waals surface area contributed by atoms with Gasteiger partial charge in [0.2, 0.25) is 0 Å². The second kappa shape index (κ2) is 4.69. The third-order valence-electron chi connectivity index (χ3n) is 1.93. The summed E-state index contributed by atoms with van der Waals surface area (Å²) >= 11 is 0. The van der Waals surface area contributed by atoms with E-state index in [4.69, 9.17) is 5.73 Å². The van der Waals surface area contributed by atoms with Crippen molar-refractivity contribution < 1.29 is 10.0 Å². The van der Waals surface area contributed by atoms with Crippen LogP contribution in [0.25, 0.3) is 0 Å². The van der Waals surface area contributed by atoms with Gasteiger partial charge in [-0.05, 0) is 19.0 Å². The number of nitrogens with two attached hydrogens (primary N) is 1. The lowest BCUT2D eigenvalue weighted by Crippen LogP contribution is -2.08. The van der Waals surface area contributed by atoms with Gasteiger partial charge in [-0.3, -0.25) is 10.1 Å². The highest BCUT2D eigenvalue weighted by Gasteiger charge is 2.18. The van der Waals surface area contributed by atoms with Crippen molar-refractivity contribution in [2.45, 2.75) is 12.5 Å². The van der Waals surface area contributed by atoms with Crippen LogP contribution in [0.4, 0.5) is 5.69 Å². The first kappa shape index (κ1) is 10.6. The van der Waals surface area contributed by atoms with Crippen molar-refractivity contribution in [3.05, 3.63) is 39.9 Å². The van der Waals surface area contributed by atoms with Crippen LogP contribution in [0.1, 0.15) is 18.1 Å². The van der Waals surface area contributed by atoms with Gasteiger partial charge in [0.05, 0.1) is 16.6 Å². The van der Waals surface area contributed by atoms with Crippen molar-refractivity contribution in [1.82, 2.24) is 0 Å². The molecule has 76 valence electrons. The molecule has 0 amide bonds. The molecule has 3 N–H and O–H groups in total. The fraction of sp³-hybridized carbons (Fsp3) is 0.333. The Hall–Kier alpha value is -1.46. The molecule has 0 saturated carbocycles. The molecule has 0 saturated heterocycles. The highest BCUT2D eigenvalue weighted by Crippen LogP contribution is 2.26. The van der Waals surface area contributed by atoms with Gasteiger partial charge in [0.15, 0.2) is 0 Å². The zero-order valence-electron chi connectivity index (χ0n) is 7.59. The maximum atomic E-state index is 10.6. The van der Waals surface area contributed by atoms with E-state index in [9.17, 15) is 15.2 Å². The van der Waals surface area contributed by atoms with Crippen molar-refractivity contribution in [2.75, 3.05) is 6.54 Å². The summed E-state index contributed by atoms with van der Waals surface area (Å²) in [7, 11) is 0. The zero-order chi connectivity index (χ0) is 10.6. The summed E-state index contributed by atoms with van der Waals surface area (Å²) in [5.41, 5.74) is 5.52. The Balaban J connectivity index is 3.00. The number of aliphatic hydroxyl groups is 1. The van der Waals surface area contributed by atoms with E-state index in [0.29, 0.717) is 18.5 Å². The van der Waals surface area contributed by atoms with Gasteiger partial charge in [-0.15, -0.1) is 0 Å². The summed E-state index contributed by atoms with van der Waals surface area (Å²) in [6.45, 7) is 0.299. The van der Waals surface area contributed by atoms with Gasteiger partial charge < -0.3 is 10.8 Å². The van der Waals surface area contributed by atoms with Gasteiger partial charge in [-0.1, -0.05) is 12.1 Å². The van der Waals surface area contributed by atoms with Crippen LogP contribution in [0.2, 0.25) is 0 Å². The molecule has 0 aliphatic carbocycles. The summed E-state index contributed by atoms with van der Waals surface area (Å²) in [4.78, 5) is 10.1. The molecular weight excluding hydrogens is 184 g/mol. The molecule has 1 unspecified atom stereocenters. The molecule has 14 heavy (non-hydrogen) atoms. The van der Waals surface area contributed by atoms with Gasteiger partial charge >= 0.3 is 0 Å². The average Bonchev–Trinajstić information content (AvgIpc) is 2.18. The van der Waals surface area contributed by atoms with E-state index in [0.717, 1.165) is 0 Å². The quantitative estimate of drug-likeness (QED) is 0.554. The number of nitro groups is 1. The first-order chi connectivity index (χ1) is 6.66. The summed E-state index contributed by atoms with van der Waals surface area (Å²) in [6.07, 6.45) is -0.535. The second-order valence-electron chi connectivity index (χ2n) is 2.91. The predicted octanol–water partition coefficient (Wildman–Crippen LogP) is 0.977. The highest BCUT2D eigenvalue weighted by molar-refractivity contribution is 5.41. The van der Waals surface area contributed by atoms with Crippen LogP contribution in [-0.4, -0.2) is 16.6 Å². The first-order valence-electron chi connectivity index (χ1n) is 4.28. The van der Waals surface area contributed by atoms with E-state index in [1.807, 2.05) is 0 Å². The number of nitrogens with zero attached hydrogens (tertiary/aromatic N) is 1. The molecule has 1 rings (SSSR count). The van der Waals surface area contributed by atoms with Crippen LogP contribution >= 0.6 is 0 Å².